The first-order valence-electron chi connectivity index (χ1n) is 9.50. The van der Waals surface area contributed by atoms with E-state index in [1.807, 2.05) is 65.6 Å². The zero-order valence-corrected chi connectivity index (χ0v) is 15.6. The number of aryl methyl sites for hydroxylation is 1. The molecule has 4 aromatic rings. The number of fused-ring (bicyclic) bond motifs is 1. The summed E-state index contributed by atoms with van der Waals surface area (Å²) >= 11 is 0. The maximum absolute atomic E-state index is 13.2. The van der Waals surface area contributed by atoms with Crippen LogP contribution in [-0.4, -0.2) is 22.3 Å². The minimum atomic E-state index is -0.0823. The fourth-order valence-electron chi connectivity index (χ4n) is 3.32. The fraction of sp³-hybridized carbons (Fsp3) is 0.167. The third-order valence-corrected chi connectivity index (χ3v) is 4.78. The molecule has 0 fully saturated rings. The summed E-state index contributed by atoms with van der Waals surface area (Å²) < 4.78 is 5.81. The second kappa shape index (κ2) is 8.53. The predicted molar refractivity (Wildman–Crippen MR) is 110 cm³/mol. The van der Waals surface area contributed by atoms with Crippen LogP contribution in [0.3, 0.4) is 0 Å². The second-order valence-corrected chi connectivity index (χ2v) is 6.82. The van der Waals surface area contributed by atoms with Crippen molar-refractivity contribution >= 4 is 16.9 Å². The van der Waals surface area contributed by atoms with Gasteiger partial charge in [0, 0.05) is 30.9 Å². The van der Waals surface area contributed by atoms with E-state index >= 15 is 0 Å². The second-order valence-electron chi connectivity index (χ2n) is 6.82. The molecule has 0 saturated heterocycles. The summed E-state index contributed by atoms with van der Waals surface area (Å²) in [4.78, 5) is 19.1. The van der Waals surface area contributed by atoms with E-state index in [2.05, 4.69) is 17.1 Å². The van der Waals surface area contributed by atoms with Crippen LogP contribution < -0.4 is 0 Å². The number of amides is 1. The number of carbonyl (C=O) groups is 1. The van der Waals surface area contributed by atoms with Gasteiger partial charge in [-0.15, -0.1) is 0 Å². The number of aromatic nitrogens is 1. The van der Waals surface area contributed by atoms with Crippen molar-refractivity contribution in [3.8, 4) is 0 Å². The van der Waals surface area contributed by atoms with Crippen LogP contribution in [0.15, 0.2) is 89.6 Å². The third kappa shape index (κ3) is 4.29. The van der Waals surface area contributed by atoms with Gasteiger partial charge in [-0.05, 0) is 48.2 Å². The van der Waals surface area contributed by atoms with Gasteiger partial charge in [-0.25, -0.2) is 0 Å². The van der Waals surface area contributed by atoms with E-state index in [4.69, 9.17) is 4.42 Å². The summed E-state index contributed by atoms with van der Waals surface area (Å²) in [5.41, 5.74) is 3.07. The van der Waals surface area contributed by atoms with Gasteiger partial charge in [0.25, 0.3) is 5.91 Å². The Kier molecular flexibility index (Phi) is 5.48. The summed E-state index contributed by atoms with van der Waals surface area (Å²) in [5.74, 6) is 0.302. The SMILES string of the molecule is O=C(c1cc2ccccc2o1)N(CCCc1ccccc1)Cc1ccncc1. The molecule has 28 heavy (non-hydrogen) atoms. The molecule has 4 nitrogen and oxygen atoms in total. The molecule has 0 bridgehead atoms. The summed E-state index contributed by atoms with van der Waals surface area (Å²) in [5, 5.41) is 0.944. The lowest BCUT2D eigenvalue weighted by molar-refractivity contribution is 0.0711. The number of hydrogen-bond acceptors (Lipinski definition) is 3. The molecule has 2 aromatic carbocycles. The summed E-state index contributed by atoms with van der Waals surface area (Å²) in [6.45, 7) is 1.19. The minimum absolute atomic E-state index is 0.0823. The van der Waals surface area contributed by atoms with Crippen molar-refractivity contribution in [1.82, 2.24) is 9.88 Å². The average molecular weight is 370 g/mol. The van der Waals surface area contributed by atoms with E-state index < -0.39 is 0 Å². The van der Waals surface area contributed by atoms with Crippen LogP contribution in [0.25, 0.3) is 11.0 Å². The van der Waals surface area contributed by atoms with Crippen LogP contribution in [0, 0.1) is 0 Å². The van der Waals surface area contributed by atoms with E-state index in [0.29, 0.717) is 18.8 Å². The molecule has 0 N–H and O–H groups in total. The molecular weight excluding hydrogens is 348 g/mol. The highest BCUT2D eigenvalue weighted by molar-refractivity contribution is 5.96. The lowest BCUT2D eigenvalue weighted by Crippen LogP contribution is -2.31. The van der Waals surface area contributed by atoms with Crippen LogP contribution in [0.1, 0.15) is 28.1 Å². The van der Waals surface area contributed by atoms with E-state index in [-0.39, 0.29) is 5.91 Å². The van der Waals surface area contributed by atoms with Crippen LogP contribution in [0.2, 0.25) is 0 Å². The number of furan rings is 1. The first-order valence-corrected chi connectivity index (χ1v) is 9.50. The van der Waals surface area contributed by atoms with Gasteiger partial charge < -0.3 is 9.32 Å². The van der Waals surface area contributed by atoms with Crippen molar-refractivity contribution in [2.75, 3.05) is 6.54 Å². The number of nitrogens with zero attached hydrogens (tertiary/aromatic N) is 2. The standard InChI is InChI=1S/C24H22N2O2/c27-24(23-17-21-10-4-5-11-22(21)28-23)26(18-20-12-14-25-15-13-20)16-6-9-19-7-2-1-3-8-19/h1-5,7-8,10-15,17H,6,9,16,18H2. The average Bonchev–Trinajstić information content (AvgIpc) is 3.18. The largest absolute Gasteiger partial charge is 0.451 e. The summed E-state index contributed by atoms with van der Waals surface area (Å²) in [7, 11) is 0. The Bertz CT molecular complexity index is 1010. The van der Waals surface area contributed by atoms with Gasteiger partial charge >= 0.3 is 0 Å². The Morgan fingerprint density at radius 3 is 2.43 bits per heavy atom. The van der Waals surface area contributed by atoms with Crippen LogP contribution in [0.4, 0.5) is 0 Å². The van der Waals surface area contributed by atoms with Crippen LogP contribution in [-0.2, 0) is 13.0 Å². The molecule has 0 aliphatic heterocycles. The van der Waals surface area contributed by atoms with E-state index in [9.17, 15) is 4.79 Å². The molecule has 0 aliphatic carbocycles. The maximum Gasteiger partial charge on any atom is 0.289 e. The molecule has 0 atom stereocenters. The van der Waals surface area contributed by atoms with Gasteiger partial charge in [-0.1, -0.05) is 48.5 Å². The molecule has 2 aromatic heterocycles. The Morgan fingerprint density at radius 2 is 1.64 bits per heavy atom. The monoisotopic (exact) mass is 370 g/mol. The molecule has 4 heteroatoms. The molecular formula is C24H22N2O2. The number of benzene rings is 2. The lowest BCUT2D eigenvalue weighted by atomic mass is 10.1. The highest BCUT2D eigenvalue weighted by atomic mass is 16.3. The normalized spacial score (nSPS) is 10.9. The van der Waals surface area contributed by atoms with Gasteiger partial charge in [0.2, 0.25) is 0 Å². The molecule has 4 rings (SSSR count). The Labute approximate surface area is 164 Å². The fourth-order valence-corrected chi connectivity index (χ4v) is 3.32. The smallest absolute Gasteiger partial charge is 0.289 e. The topological polar surface area (TPSA) is 46.3 Å². The van der Waals surface area contributed by atoms with Crippen molar-refractivity contribution in [2.45, 2.75) is 19.4 Å². The zero-order valence-electron chi connectivity index (χ0n) is 15.6. The summed E-state index contributed by atoms with van der Waals surface area (Å²) in [6.07, 6.45) is 5.33. The zero-order chi connectivity index (χ0) is 19.2. The van der Waals surface area contributed by atoms with Gasteiger partial charge in [0.15, 0.2) is 5.76 Å². The van der Waals surface area contributed by atoms with E-state index in [1.54, 1.807) is 12.4 Å². The van der Waals surface area contributed by atoms with Crippen LogP contribution in [0.5, 0.6) is 0 Å². The number of pyridine rings is 1. The maximum atomic E-state index is 13.2. The van der Waals surface area contributed by atoms with Gasteiger partial charge in [-0.2, -0.15) is 0 Å². The Morgan fingerprint density at radius 1 is 0.893 bits per heavy atom. The molecule has 1 amide bonds. The molecule has 0 aliphatic rings. The van der Waals surface area contributed by atoms with E-state index in [1.165, 1.54) is 5.56 Å². The lowest BCUT2D eigenvalue weighted by Gasteiger charge is -2.22. The van der Waals surface area contributed by atoms with Gasteiger partial charge in [0.1, 0.15) is 5.58 Å². The summed E-state index contributed by atoms with van der Waals surface area (Å²) in [6, 6.07) is 23.8. The van der Waals surface area contributed by atoms with Crippen molar-refractivity contribution in [3.05, 3.63) is 102 Å². The highest BCUT2D eigenvalue weighted by Crippen LogP contribution is 2.21. The number of para-hydroxylation sites is 1. The molecule has 0 saturated carbocycles. The highest BCUT2D eigenvalue weighted by Gasteiger charge is 2.20. The van der Waals surface area contributed by atoms with Gasteiger partial charge in [0.05, 0.1) is 0 Å². The van der Waals surface area contributed by atoms with Crippen molar-refractivity contribution in [1.29, 1.82) is 0 Å². The molecule has 0 unspecified atom stereocenters. The quantitative estimate of drug-likeness (QED) is 0.454. The molecule has 2 heterocycles. The van der Waals surface area contributed by atoms with Crippen molar-refractivity contribution in [2.24, 2.45) is 0 Å². The third-order valence-electron chi connectivity index (χ3n) is 4.78. The van der Waals surface area contributed by atoms with Crippen molar-refractivity contribution < 1.29 is 9.21 Å². The van der Waals surface area contributed by atoms with Crippen LogP contribution >= 0.6 is 0 Å². The number of hydrogen-bond donors (Lipinski definition) is 0. The predicted octanol–water partition coefficient (Wildman–Crippen LogP) is 5.10. The molecule has 0 radical (unpaired) electrons. The van der Waals surface area contributed by atoms with E-state index in [0.717, 1.165) is 29.4 Å². The molecule has 0 spiro atoms. The van der Waals surface area contributed by atoms with Crippen molar-refractivity contribution in [3.63, 3.8) is 0 Å². The van der Waals surface area contributed by atoms with Gasteiger partial charge in [-0.3, -0.25) is 9.78 Å². The Hall–Kier alpha value is -3.40. The Balaban J connectivity index is 1.51. The molecule has 140 valence electrons. The number of carbonyl (C=O) groups excluding carboxylic acids is 1. The first-order chi connectivity index (χ1) is 13.8. The minimum Gasteiger partial charge on any atom is -0.451 e. The number of rotatable bonds is 7. The first kappa shape index (κ1) is 18.0.